The fourth-order valence-corrected chi connectivity index (χ4v) is 11.2. The summed E-state index contributed by atoms with van der Waals surface area (Å²) < 4.78 is 65.0. The van der Waals surface area contributed by atoms with Crippen LogP contribution in [0.15, 0.2) is 72.0 Å². The Bertz CT molecular complexity index is 3170. The average molecular weight is 991 g/mol. The molecule has 7 heterocycles. The first-order valence-electron chi connectivity index (χ1n) is 23.5. The molecule has 0 aliphatic carbocycles. The van der Waals surface area contributed by atoms with E-state index in [0.717, 1.165) is 98.5 Å². The smallest absolute Gasteiger partial charge is 0.301 e. The van der Waals surface area contributed by atoms with Gasteiger partial charge in [-0.25, -0.2) is 23.7 Å². The summed E-state index contributed by atoms with van der Waals surface area (Å²) in [6.45, 7) is 5.39. The van der Waals surface area contributed by atoms with Crippen molar-refractivity contribution in [3.05, 3.63) is 100 Å². The molecule has 5 aliphatic heterocycles. The van der Waals surface area contributed by atoms with Crippen LogP contribution in [-0.4, -0.2) is 137 Å². The molecular formula is C48H48F2N12O8S. The number of benzene rings is 3. The van der Waals surface area contributed by atoms with Gasteiger partial charge in [0.05, 0.1) is 45.8 Å². The van der Waals surface area contributed by atoms with Gasteiger partial charge < -0.3 is 14.5 Å². The first-order valence-corrected chi connectivity index (χ1v) is 24.9. The van der Waals surface area contributed by atoms with Crippen LogP contribution >= 0.6 is 0 Å². The van der Waals surface area contributed by atoms with Gasteiger partial charge in [0, 0.05) is 64.5 Å². The van der Waals surface area contributed by atoms with E-state index in [1.807, 2.05) is 6.07 Å². The van der Waals surface area contributed by atoms with E-state index in [1.54, 1.807) is 30.6 Å². The molecule has 2 aromatic heterocycles. The molecule has 23 heteroatoms. The lowest BCUT2D eigenvalue weighted by atomic mass is 9.92. The molecule has 71 heavy (non-hydrogen) atoms. The zero-order valence-corrected chi connectivity index (χ0v) is 39.1. The van der Waals surface area contributed by atoms with Crippen LogP contribution in [0.2, 0.25) is 0 Å². The van der Waals surface area contributed by atoms with Gasteiger partial charge in [-0.05, 0) is 99.5 Å². The summed E-state index contributed by atoms with van der Waals surface area (Å²) in [5.74, 6) is -2.51. The van der Waals surface area contributed by atoms with E-state index in [1.165, 1.54) is 29.1 Å². The molecule has 2 atom stereocenters. The summed E-state index contributed by atoms with van der Waals surface area (Å²) in [7, 11) is -4.25. The molecule has 1 unspecified atom stereocenters. The van der Waals surface area contributed by atoms with Crippen molar-refractivity contribution in [2.45, 2.75) is 57.2 Å². The molecule has 10 rings (SSSR count). The van der Waals surface area contributed by atoms with Gasteiger partial charge in [-0.2, -0.15) is 18.0 Å². The van der Waals surface area contributed by atoms with E-state index in [4.69, 9.17) is 4.74 Å². The summed E-state index contributed by atoms with van der Waals surface area (Å²) in [6.07, 6.45) is 7.45. The number of carbonyl (C=O) groups excluding carboxylic acids is 4. The normalized spacial score (nSPS) is 20.4. The maximum Gasteiger partial charge on any atom is 0.301 e. The lowest BCUT2D eigenvalue weighted by Crippen LogP contribution is -2.54. The largest absolute Gasteiger partial charge is 0.453 e. The molecular weight excluding hydrogens is 943 g/mol. The lowest BCUT2D eigenvalue weighted by molar-refractivity contribution is -0.136. The minimum Gasteiger partial charge on any atom is -0.453 e. The lowest BCUT2D eigenvalue weighted by Gasteiger charge is -2.37. The summed E-state index contributed by atoms with van der Waals surface area (Å²) in [4.78, 5) is 85.7. The summed E-state index contributed by atoms with van der Waals surface area (Å²) >= 11 is 0. The first kappa shape index (κ1) is 47.3. The number of halogens is 2. The van der Waals surface area contributed by atoms with Crippen molar-refractivity contribution in [1.29, 1.82) is 5.26 Å². The fraction of sp³-hybridized carbons (Fsp3) is 0.396. The number of nitrogens with zero attached hydrogens (tertiary/aromatic N) is 10. The predicted octanol–water partition coefficient (Wildman–Crippen LogP) is 3.90. The van der Waals surface area contributed by atoms with Gasteiger partial charge in [0.1, 0.15) is 35.9 Å². The number of hydrogen-bond acceptors (Lipinski definition) is 15. The third kappa shape index (κ3) is 9.49. The van der Waals surface area contributed by atoms with Crippen LogP contribution in [0.4, 0.5) is 26.1 Å². The number of aromatic nitrogens is 4. The SMILES string of the molecule is N#Cc1c(NS(=O)(=O)N2CC[C@@H](F)C2)ccc(F)c1Oc1ccc2ncn(-c3cnc(N4CCC(CCCN5CCN(c6ccc7c(c6)C(=O)N(C6CCC(=O)NC6=O)C7=O)CC5)CC4)nc3)c(=O)c2c1. The monoisotopic (exact) mass is 990 g/mol. The Morgan fingerprint density at radius 3 is 2.31 bits per heavy atom. The van der Waals surface area contributed by atoms with Gasteiger partial charge in [-0.3, -0.25) is 48.4 Å². The maximum atomic E-state index is 15.2. The number of nitrogens with one attached hydrogen (secondary N) is 2. The Kier molecular flexibility index (Phi) is 12.9. The Labute approximate surface area is 406 Å². The molecule has 2 N–H and O–H groups in total. The van der Waals surface area contributed by atoms with Crippen LogP contribution in [0.1, 0.15) is 71.2 Å². The van der Waals surface area contributed by atoms with E-state index in [9.17, 15) is 42.0 Å². The van der Waals surface area contributed by atoms with Crippen LogP contribution in [0.3, 0.4) is 0 Å². The number of alkyl halides is 1. The molecule has 20 nitrogen and oxygen atoms in total. The third-order valence-corrected chi connectivity index (χ3v) is 15.4. The Morgan fingerprint density at radius 1 is 0.831 bits per heavy atom. The van der Waals surface area contributed by atoms with Crippen molar-refractivity contribution >= 4 is 62.1 Å². The van der Waals surface area contributed by atoms with Gasteiger partial charge in [-0.15, -0.1) is 0 Å². The number of anilines is 3. The minimum absolute atomic E-state index is 0.0184. The molecule has 0 saturated carbocycles. The van der Waals surface area contributed by atoms with E-state index in [0.29, 0.717) is 23.1 Å². The van der Waals surface area contributed by atoms with Gasteiger partial charge in [0.15, 0.2) is 11.6 Å². The highest BCUT2D eigenvalue weighted by atomic mass is 32.2. The van der Waals surface area contributed by atoms with Gasteiger partial charge in [-0.1, -0.05) is 0 Å². The van der Waals surface area contributed by atoms with Gasteiger partial charge in [0.2, 0.25) is 17.8 Å². The maximum absolute atomic E-state index is 15.2. The molecule has 4 fully saturated rings. The number of fused-ring (bicyclic) bond motifs is 2. The fourth-order valence-electron chi connectivity index (χ4n) is 9.94. The number of piperazine rings is 1. The van der Waals surface area contributed by atoms with Crippen LogP contribution < -0.4 is 30.1 Å². The van der Waals surface area contributed by atoms with Gasteiger partial charge >= 0.3 is 10.2 Å². The third-order valence-electron chi connectivity index (χ3n) is 13.9. The second kappa shape index (κ2) is 19.4. The number of piperidine rings is 2. The zero-order chi connectivity index (χ0) is 49.6. The molecule has 5 aromatic rings. The van der Waals surface area contributed by atoms with Crippen molar-refractivity contribution in [1.82, 2.24) is 38.9 Å². The number of hydrogen-bond donors (Lipinski definition) is 2. The standard InChI is InChI=1S/C48H48F2N12O8S/c49-30-13-17-60(27-30)71(68,69)56-40-8-6-38(50)43(37(40)24-51)70-33-4-7-39-36(23-33)45(65)61(28-54-39)32-25-52-48(53-26-32)59-15-11-29(12-16-59)2-1-14-57-18-20-58(21-19-57)31-3-5-34-35(22-31)47(67)62(46(34)66)41-9-10-42(63)55-44(41)64/h3-8,22-23,25-26,28-30,41,56H,1-2,9-21,27H2,(H,55,63,64)/t30-,41?/m1/s1. The molecule has 4 saturated heterocycles. The molecule has 0 radical (unpaired) electrons. The molecule has 0 spiro atoms. The van der Waals surface area contributed by atoms with E-state index < -0.39 is 68.7 Å². The second-order valence-electron chi connectivity index (χ2n) is 18.3. The van der Waals surface area contributed by atoms with Crippen LogP contribution in [0, 0.1) is 23.1 Å². The molecule has 368 valence electrons. The van der Waals surface area contributed by atoms with E-state index in [-0.39, 0.29) is 60.3 Å². The van der Waals surface area contributed by atoms with Crippen molar-refractivity contribution in [3.8, 4) is 23.3 Å². The molecule has 3 aromatic carbocycles. The highest BCUT2D eigenvalue weighted by molar-refractivity contribution is 7.90. The quantitative estimate of drug-likeness (QED) is 0.159. The number of carbonyl (C=O) groups is 4. The highest BCUT2D eigenvalue weighted by Gasteiger charge is 2.45. The highest BCUT2D eigenvalue weighted by Crippen LogP contribution is 2.36. The Hall–Kier alpha value is -7.42. The first-order chi connectivity index (χ1) is 34.2. The summed E-state index contributed by atoms with van der Waals surface area (Å²) in [6, 6.07) is 12.3. The zero-order valence-electron chi connectivity index (χ0n) is 38.3. The summed E-state index contributed by atoms with van der Waals surface area (Å²) in [5.41, 5.74) is 0.882. The second-order valence-corrected chi connectivity index (χ2v) is 20.0. The average Bonchev–Trinajstić information content (AvgIpc) is 3.93. The number of amides is 4. The van der Waals surface area contributed by atoms with E-state index in [2.05, 4.69) is 39.7 Å². The predicted molar refractivity (Wildman–Crippen MR) is 254 cm³/mol. The summed E-state index contributed by atoms with van der Waals surface area (Å²) in [5, 5.41) is 12.3. The van der Waals surface area contributed by atoms with Crippen LogP contribution in [0.5, 0.6) is 11.5 Å². The molecule has 5 aliphatic rings. The van der Waals surface area contributed by atoms with Crippen LogP contribution in [-0.2, 0) is 19.8 Å². The van der Waals surface area contributed by atoms with Gasteiger partial charge in [0.25, 0.3) is 17.4 Å². The van der Waals surface area contributed by atoms with Crippen LogP contribution in [0.25, 0.3) is 16.6 Å². The van der Waals surface area contributed by atoms with E-state index >= 15 is 4.39 Å². The van der Waals surface area contributed by atoms with Crippen molar-refractivity contribution in [3.63, 3.8) is 0 Å². The minimum atomic E-state index is -4.25. The van der Waals surface area contributed by atoms with Crippen molar-refractivity contribution < 1.29 is 41.1 Å². The number of rotatable bonds is 13. The number of ether oxygens (including phenoxy) is 1. The topological polar surface area (TPSA) is 236 Å². The number of nitriles is 1. The Morgan fingerprint density at radius 2 is 1.59 bits per heavy atom. The number of imide groups is 2. The molecule has 0 bridgehead atoms. The van der Waals surface area contributed by atoms with Crippen molar-refractivity contribution in [2.24, 2.45) is 5.92 Å². The molecule has 4 amide bonds. The van der Waals surface area contributed by atoms with Crippen molar-refractivity contribution in [2.75, 3.05) is 73.4 Å². The Balaban J connectivity index is 0.702.